The van der Waals surface area contributed by atoms with Crippen molar-refractivity contribution < 1.29 is 18.3 Å². The van der Waals surface area contributed by atoms with Gasteiger partial charge in [0.15, 0.2) is 9.84 Å². The van der Waals surface area contributed by atoms with Crippen LogP contribution < -0.4 is 5.73 Å². The van der Waals surface area contributed by atoms with Gasteiger partial charge in [-0.05, 0) is 18.8 Å². The summed E-state index contributed by atoms with van der Waals surface area (Å²) >= 11 is 0. The number of aliphatic hydroxyl groups excluding tert-OH is 1. The Morgan fingerprint density at radius 2 is 2.00 bits per heavy atom. The van der Waals surface area contributed by atoms with E-state index in [0.29, 0.717) is 18.4 Å². The van der Waals surface area contributed by atoms with Crippen molar-refractivity contribution in [1.82, 2.24) is 4.90 Å². The van der Waals surface area contributed by atoms with Crippen LogP contribution in [0.2, 0.25) is 0 Å². The maximum Gasteiger partial charge on any atom is 0.218 e. The minimum Gasteiger partial charge on any atom is -0.393 e. The molecular formula is C12H22N2O4S. The molecule has 2 aliphatic rings. The number of likely N-dealkylation sites (tertiary alicyclic amines) is 1. The first-order valence-corrected chi connectivity index (χ1v) is 8.58. The number of rotatable bonds is 6. The first-order chi connectivity index (χ1) is 8.87. The molecule has 3 unspecified atom stereocenters. The second-order valence-electron chi connectivity index (χ2n) is 5.70. The third-order valence-corrected chi connectivity index (χ3v) is 5.90. The second-order valence-corrected chi connectivity index (χ2v) is 8.00. The quantitative estimate of drug-likeness (QED) is 0.652. The maximum atomic E-state index is 11.7. The summed E-state index contributed by atoms with van der Waals surface area (Å²) in [7, 11) is -3.21. The summed E-state index contributed by atoms with van der Waals surface area (Å²) in [6, 6.07) is 0. The number of hydrogen-bond donors (Lipinski definition) is 2. The fourth-order valence-corrected chi connectivity index (χ4v) is 4.39. The van der Waals surface area contributed by atoms with E-state index in [1.54, 1.807) is 0 Å². The lowest BCUT2D eigenvalue weighted by Crippen LogP contribution is -2.31. The molecule has 1 saturated carbocycles. The van der Waals surface area contributed by atoms with Crippen molar-refractivity contribution >= 4 is 15.7 Å². The van der Waals surface area contributed by atoms with Gasteiger partial charge in [0.05, 0.1) is 17.6 Å². The van der Waals surface area contributed by atoms with E-state index >= 15 is 0 Å². The van der Waals surface area contributed by atoms with Crippen LogP contribution in [-0.4, -0.2) is 61.6 Å². The molecule has 0 aromatic carbocycles. The molecule has 2 fully saturated rings. The van der Waals surface area contributed by atoms with Crippen molar-refractivity contribution in [3.8, 4) is 0 Å². The van der Waals surface area contributed by atoms with E-state index in [1.165, 1.54) is 0 Å². The highest BCUT2D eigenvalue weighted by Gasteiger charge is 2.41. The van der Waals surface area contributed by atoms with Crippen LogP contribution in [0.4, 0.5) is 0 Å². The van der Waals surface area contributed by atoms with Crippen molar-refractivity contribution in [1.29, 1.82) is 0 Å². The molecule has 110 valence electrons. The average molecular weight is 290 g/mol. The van der Waals surface area contributed by atoms with Crippen molar-refractivity contribution in [2.45, 2.75) is 25.4 Å². The molecule has 1 amide bonds. The molecule has 6 nitrogen and oxygen atoms in total. The number of amides is 1. The van der Waals surface area contributed by atoms with Gasteiger partial charge in [0.2, 0.25) is 5.91 Å². The average Bonchev–Trinajstić information content (AvgIpc) is 2.87. The van der Waals surface area contributed by atoms with Crippen LogP contribution in [0.25, 0.3) is 0 Å². The van der Waals surface area contributed by atoms with Gasteiger partial charge in [0, 0.05) is 32.0 Å². The number of sulfone groups is 1. The molecule has 0 aromatic heterocycles. The lowest BCUT2D eigenvalue weighted by atomic mass is 10.00. The van der Waals surface area contributed by atoms with Crippen LogP contribution in [0.15, 0.2) is 0 Å². The van der Waals surface area contributed by atoms with Crippen molar-refractivity contribution in [3.05, 3.63) is 0 Å². The van der Waals surface area contributed by atoms with Gasteiger partial charge in [0.25, 0.3) is 0 Å². The maximum absolute atomic E-state index is 11.7. The molecule has 0 aromatic rings. The Labute approximate surface area is 113 Å². The number of primary amides is 1. The summed E-state index contributed by atoms with van der Waals surface area (Å²) in [6.07, 6.45) is 1.59. The number of aliphatic hydroxyl groups is 1. The standard InChI is InChI=1S/C12H22N2O4S/c13-12(16)3-5-19(17,18)6-4-14-7-9-1-2-11(15)10(9)8-14/h9-11,15H,1-8H2,(H2,13,16). The topological polar surface area (TPSA) is 101 Å². The van der Waals surface area contributed by atoms with Gasteiger partial charge in [-0.15, -0.1) is 0 Å². The first-order valence-electron chi connectivity index (χ1n) is 6.76. The molecular weight excluding hydrogens is 268 g/mol. The van der Waals surface area contributed by atoms with Crippen LogP contribution in [-0.2, 0) is 14.6 Å². The molecule has 3 N–H and O–H groups in total. The highest BCUT2D eigenvalue weighted by atomic mass is 32.2. The minimum atomic E-state index is -3.21. The summed E-state index contributed by atoms with van der Waals surface area (Å²) in [5, 5.41) is 9.79. The number of nitrogens with two attached hydrogens (primary N) is 1. The third-order valence-electron chi connectivity index (χ3n) is 4.27. The predicted octanol–water partition coefficient (Wildman–Crippen LogP) is -1.02. The normalized spacial score (nSPS) is 31.5. The van der Waals surface area contributed by atoms with Gasteiger partial charge in [-0.1, -0.05) is 0 Å². The fourth-order valence-electron chi connectivity index (χ4n) is 3.14. The summed E-state index contributed by atoms with van der Waals surface area (Å²) in [5.41, 5.74) is 4.95. The Morgan fingerprint density at radius 1 is 1.26 bits per heavy atom. The van der Waals surface area contributed by atoms with Gasteiger partial charge in [0.1, 0.15) is 0 Å². The Bertz CT molecular complexity index is 437. The van der Waals surface area contributed by atoms with Gasteiger partial charge in [-0.25, -0.2) is 8.42 Å². The van der Waals surface area contributed by atoms with Crippen LogP contribution in [0, 0.1) is 11.8 Å². The van der Waals surface area contributed by atoms with Crippen LogP contribution in [0.3, 0.4) is 0 Å². The van der Waals surface area contributed by atoms with Gasteiger partial charge >= 0.3 is 0 Å². The monoisotopic (exact) mass is 290 g/mol. The van der Waals surface area contributed by atoms with Gasteiger partial charge in [-0.2, -0.15) is 0 Å². The Morgan fingerprint density at radius 3 is 2.63 bits per heavy atom. The molecule has 3 atom stereocenters. The molecule has 1 saturated heterocycles. The zero-order chi connectivity index (χ0) is 14.0. The van der Waals surface area contributed by atoms with E-state index in [0.717, 1.165) is 25.9 Å². The minimum absolute atomic E-state index is 0.0653. The van der Waals surface area contributed by atoms with Crippen LogP contribution >= 0.6 is 0 Å². The summed E-state index contributed by atoms with van der Waals surface area (Å²) < 4.78 is 23.4. The second kappa shape index (κ2) is 5.76. The molecule has 19 heavy (non-hydrogen) atoms. The number of nitrogens with zero attached hydrogens (tertiary/aromatic N) is 1. The highest BCUT2D eigenvalue weighted by molar-refractivity contribution is 7.91. The van der Waals surface area contributed by atoms with E-state index in [9.17, 15) is 18.3 Å². The van der Waals surface area contributed by atoms with Gasteiger partial charge in [-0.3, -0.25) is 4.79 Å². The number of carbonyl (C=O) groups excluding carboxylic acids is 1. The van der Waals surface area contributed by atoms with Gasteiger partial charge < -0.3 is 15.7 Å². The zero-order valence-electron chi connectivity index (χ0n) is 11.0. The molecule has 1 aliphatic heterocycles. The van der Waals surface area contributed by atoms with E-state index in [2.05, 4.69) is 4.90 Å². The summed E-state index contributed by atoms with van der Waals surface area (Å²) in [6.45, 7) is 2.16. The Balaban J connectivity index is 1.76. The lowest BCUT2D eigenvalue weighted by Gasteiger charge is -2.17. The molecule has 0 radical (unpaired) electrons. The molecule has 0 bridgehead atoms. The van der Waals surface area contributed by atoms with Crippen molar-refractivity contribution in [2.75, 3.05) is 31.1 Å². The Hall–Kier alpha value is -0.660. The van der Waals surface area contributed by atoms with Crippen LogP contribution in [0.1, 0.15) is 19.3 Å². The highest BCUT2D eigenvalue weighted by Crippen LogP contribution is 2.37. The smallest absolute Gasteiger partial charge is 0.218 e. The number of hydrogen-bond acceptors (Lipinski definition) is 5. The molecule has 7 heteroatoms. The van der Waals surface area contributed by atoms with E-state index in [4.69, 9.17) is 5.73 Å². The van der Waals surface area contributed by atoms with E-state index < -0.39 is 15.7 Å². The predicted molar refractivity (Wildman–Crippen MR) is 71.1 cm³/mol. The van der Waals surface area contributed by atoms with E-state index in [1.807, 2.05) is 0 Å². The molecule has 2 rings (SSSR count). The Kier molecular flexibility index (Phi) is 4.47. The zero-order valence-corrected chi connectivity index (χ0v) is 11.8. The first kappa shape index (κ1) is 14.7. The lowest BCUT2D eigenvalue weighted by molar-refractivity contribution is -0.117. The van der Waals surface area contributed by atoms with Crippen LogP contribution in [0.5, 0.6) is 0 Å². The molecule has 1 heterocycles. The molecule has 1 aliphatic carbocycles. The fraction of sp³-hybridized carbons (Fsp3) is 0.917. The van der Waals surface area contributed by atoms with E-state index in [-0.39, 0.29) is 24.0 Å². The largest absolute Gasteiger partial charge is 0.393 e. The number of fused-ring (bicyclic) bond motifs is 1. The SMILES string of the molecule is NC(=O)CCS(=O)(=O)CCN1CC2CCC(O)C2C1. The summed E-state index contributed by atoms with van der Waals surface area (Å²) in [4.78, 5) is 12.7. The number of carbonyl (C=O) groups is 1. The third kappa shape index (κ3) is 3.90. The molecule has 0 spiro atoms. The van der Waals surface area contributed by atoms with Crippen molar-refractivity contribution in [2.24, 2.45) is 17.6 Å². The van der Waals surface area contributed by atoms with Crippen molar-refractivity contribution in [3.63, 3.8) is 0 Å². The summed E-state index contributed by atoms with van der Waals surface area (Å²) in [5.74, 6) is 0.153.